The molecular weight excluding hydrogens is 229 g/mol. The van der Waals surface area contributed by atoms with Crippen molar-refractivity contribution in [2.24, 2.45) is 0 Å². The first-order valence-corrected chi connectivity index (χ1v) is 5.18. The summed E-state index contributed by atoms with van der Waals surface area (Å²) in [6.45, 7) is 0. The Morgan fingerprint density at radius 3 is 2.73 bits per heavy atom. The van der Waals surface area contributed by atoms with Crippen LogP contribution in [0.3, 0.4) is 0 Å². The quantitative estimate of drug-likeness (QED) is 0.857. The molecule has 1 amide bonds. The Morgan fingerprint density at radius 1 is 1.53 bits per heavy atom. The van der Waals surface area contributed by atoms with E-state index in [0.29, 0.717) is 5.92 Å². The Labute approximate surface area is 87.3 Å². The van der Waals surface area contributed by atoms with Gasteiger partial charge in [0, 0.05) is 11.3 Å². The van der Waals surface area contributed by atoms with Gasteiger partial charge in [0.05, 0.1) is 5.69 Å². The summed E-state index contributed by atoms with van der Waals surface area (Å²) in [5.41, 5.74) is 0.775. The second-order valence-electron chi connectivity index (χ2n) is 3.30. The van der Waals surface area contributed by atoms with Crippen LogP contribution < -0.4 is 5.32 Å². The molecule has 0 atom stereocenters. The number of nitrogens with zero attached hydrogens (tertiary/aromatic N) is 1. The van der Waals surface area contributed by atoms with Crippen molar-refractivity contribution < 1.29 is 18.0 Å². The number of hydrogen-bond acceptors (Lipinski definition) is 3. The van der Waals surface area contributed by atoms with Crippen LogP contribution in [-0.2, 0) is 4.79 Å². The number of anilines is 1. The summed E-state index contributed by atoms with van der Waals surface area (Å²) >= 11 is 1.02. The third-order valence-electron chi connectivity index (χ3n) is 2.00. The molecule has 0 radical (unpaired) electrons. The standard InChI is InChI=1S/C8H7F3N2OS/c9-8(10,11)6(14)13-7-12-5(3-15-7)4-1-2-4/h3-4H,1-2H2,(H,12,13,14). The molecule has 1 aromatic heterocycles. The van der Waals surface area contributed by atoms with Gasteiger partial charge in [0.15, 0.2) is 5.13 Å². The number of nitrogens with one attached hydrogen (secondary N) is 1. The number of carbonyl (C=O) groups excluding carboxylic acids is 1. The van der Waals surface area contributed by atoms with Crippen molar-refractivity contribution in [1.29, 1.82) is 0 Å². The fourth-order valence-corrected chi connectivity index (χ4v) is 1.87. The summed E-state index contributed by atoms with van der Waals surface area (Å²) in [7, 11) is 0. The van der Waals surface area contributed by atoms with E-state index < -0.39 is 12.1 Å². The van der Waals surface area contributed by atoms with Gasteiger partial charge in [-0.05, 0) is 12.8 Å². The molecule has 2 rings (SSSR count). The number of aromatic nitrogens is 1. The number of amides is 1. The molecule has 0 aromatic carbocycles. The number of thiazole rings is 1. The fourth-order valence-electron chi connectivity index (χ4n) is 1.08. The van der Waals surface area contributed by atoms with Crippen LogP contribution in [0.4, 0.5) is 18.3 Å². The van der Waals surface area contributed by atoms with Crippen LogP contribution in [0.1, 0.15) is 24.5 Å². The van der Waals surface area contributed by atoms with Gasteiger partial charge in [0.2, 0.25) is 0 Å². The first-order chi connectivity index (χ1) is 6.97. The lowest BCUT2D eigenvalue weighted by molar-refractivity contribution is -0.167. The minimum Gasteiger partial charge on any atom is -0.294 e. The van der Waals surface area contributed by atoms with Gasteiger partial charge in [-0.2, -0.15) is 13.2 Å². The van der Waals surface area contributed by atoms with E-state index in [-0.39, 0.29) is 5.13 Å². The molecule has 1 saturated carbocycles. The Hall–Kier alpha value is -1.11. The first-order valence-electron chi connectivity index (χ1n) is 4.30. The molecule has 1 aliphatic rings. The highest BCUT2D eigenvalue weighted by atomic mass is 32.1. The number of halogens is 3. The maximum Gasteiger partial charge on any atom is 0.471 e. The van der Waals surface area contributed by atoms with Crippen molar-refractivity contribution in [1.82, 2.24) is 4.98 Å². The Morgan fingerprint density at radius 2 is 2.20 bits per heavy atom. The lowest BCUT2D eigenvalue weighted by atomic mass is 10.3. The lowest BCUT2D eigenvalue weighted by Crippen LogP contribution is -2.29. The van der Waals surface area contributed by atoms with E-state index in [1.165, 1.54) is 0 Å². The molecule has 7 heteroatoms. The fraction of sp³-hybridized carbons (Fsp3) is 0.500. The van der Waals surface area contributed by atoms with Crippen molar-refractivity contribution in [2.75, 3.05) is 5.32 Å². The Kier molecular flexibility index (Phi) is 2.41. The molecule has 0 unspecified atom stereocenters. The summed E-state index contributed by atoms with van der Waals surface area (Å²) < 4.78 is 35.6. The van der Waals surface area contributed by atoms with Crippen LogP contribution in [0.25, 0.3) is 0 Å². The van der Waals surface area contributed by atoms with Crippen LogP contribution >= 0.6 is 11.3 Å². The molecule has 82 valence electrons. The molecule has 1 N–H and O–H groups in total. The summed E-state index contributed by atoms with van der Waals surface area (Å²) in [4.78, 5) is 14.5. The van der Waals surface area contributed by atoms with Crippen LogP contribution in [0.5, 0.6) is 0 Å². The molecule has 0 spiro atoms. The van der Waals surface area contributed by atoms with E-state index in [1.807, 2.05) is 0 Å². The highest BCUT2D eigenvalue weighted by Crippen LogP contribution is 2.40. The third kappa shape index (κ3) is 2.47. The molecule has 3 nitrogen and oxygen atoms in total. The van der Waals surface area contributed by atoms with Gasteiger partial charge in [-0.1, -0.05) is 0 Å². The number of hydrogen-bond donors (Lipinski definition) is 1. The van der Waals surface area contributed by atoms with E-state index in [4.69, 9.17) is 0 Å². The highest BCUT2D eigenvalue weighted by molar-refractivity contribution is 7.13. The van der Waals surface area contributed by atoms with Crippen LogP contribution in [0.2, 0.25) is 0 Å². The molecule has 0 bridgehead atoms. The van der Waals surface area contributed by atoms with E-state index in [0.717, 1.165) is 29.9 Å². The molecule has 0 aliphatic heterocycles. The molecule has 1 fully saturated rings. The zero-order valence-electron chi connectivity index (χ0n) is 7.47. The van der Waals surface area contributed by atoms with Crippen molar-refractivity contribution in [3.05, 3.63) is 11.1 Å². The van der Waals surface area contributed by atoms with Crippen molar-refractivity contribution in [2.45, 2.75) is 24.9 Å². The zero-order valence-corrected chi connectivity index (χ0v) is 8.28. The van der Waals surface area contributed by atoms with Gasteiger partial charge in [0.1, 0.15) is 0 Å². The predicted molar refractivity (Wildman–Crippen MR) is 48.8 cm³/mol. The SMILES string of the molecule is O=C(Nc1nc(C2CC2)cs1)C(F)(F)F. The molecule has 1 heterocycles. The second-order valence-corrected chi connectivity index (χ2v) is 4.16. The van der Waals surface area contributed by atoms with E-state index in [9.17, 15) is 18.0 Å². The zero-order chi connectivity index (χ0) is 11.1. The topological polar surface area (TPSA) is 42.0 Å². The van der Waals surface area contributed by atoms with Gasteiger partial charge in [-0.15, -0.1) is 11.3 Å². The van der Waals surface area contributed by atoms with E-state index >= 15 is 0 Å². The second kappa shape index (κ2) is 3.48. The van der Waals surface area contributed by atoms with Gasteiger partial charge in [-0.25, -0.2) is 4.98 Å². The summed E-state index contributed by atoms with van der Waals surface area (Å²) in [6, 6.07) is 0. The largest absolute Gasteiger partial charge is 0.471 e. The first kappa shape index (κ1) is 10.4. The monoisotopic (exact) mass is 236 g/mol. The molecule has 15 heavy (non-hydrogen) atoms. The molecule has 1 aromatic rings. The molecule has 0 saturated heterocycles. The maximum absolute atomic E-state index is 11.9. The van der Waals surface area contributed by atoms with Crippen molar-refractivity contribution >= 4 is 22.4 Å². The number of rotatable bonds is 2. The minimum atomic E-state index is -4.86. The molecular formula is C8H7F3N2OS. The van der Waals surface area contributed by atoms with Crippen molar-refractivity contribution in [3.8, 4) is 0 Å². The van der Waals surface area contributed by atoms with E-state index in [1.54, 1.807) is 10.7 Å². The molecule has 1 aliphatic carbocycles. The third-order valence-corrected chi connectivity index (χ3v) is 2.77. The number of carbonyl (C=O) groups is 1. The normalized spacial score (nSPS) is 16.5. The van der Waals surface area contributed by atoms with Crippen LogP contribution in [0, 0.1) is 0 Å². The minimum absolute atomic E-state index is 0.0132. The summed E-state index contributed by atoms with van der Waals surface area (Å²) in [6.07, 6.45) is -2.81. The Balaban J connectivity index is 2.01. The number of alkyl halides is 3. The summed E-state index contributed by atoms with van der Waals surface area (Å²) in [5, 5.41) is 3.43. The average molecular weight is 236 g/mol. The lowest BCUT2D eigenvalue weighted by Gasteiger charge is -2.04. The maximum atomic E-state index is 11.9. The highest BCUT2D eigenvalue weighted by Gasteiger charge is 2.39. The van der Waals surface area contributed by atoms with Crippen LogP contribution in [0.15, 0.2) is 5.38 Å². The predicted octanol–water partition coefficient (Wildman–Crippen LogP) is 2.52. The summed E-state index contributed by atoms with van der Waals surface area (Å²) in [5.74, 6) is -1.60. The Bertz CT molecular complexity index is 383. The van der Waals surface area contributed by atoms with Gasteiger partial charge < -0.3 is 0 Å². The van der Waals surface area contributed by atoms with Gasteiger partial charge >= 0.3 is 12.1 Å². The van der Waals surface area contributed by atoms with Gasteiger partial charge in [-0.3, -0.25) is 10.1 Å². The smallest absolute Gasteiger partial charge is 0.294 e. The average Bonchev–Trinajstić information content (AvgIpc) is 2.87. The van der Waals surface area contributed by atoms with Crippen molar-refractivity contribution in [3.63, 3.8) is 0 Å². The van der Waals surface area contributed by atoms with Gasteiger partial charge in [0.25, 0.3) is 0 Å². The van der Waals surface area contributed by atoms with E-state index in [2.05, 4.69) is 4.98 Å². The van der Waals surface area contributed by atoms with Crippen LogP contribution in [-0.4, -0.2) is 17.1 Å².